The zero-order chi connectivity index (χ0) is 40.4. The van der Waals surface area contributed by atoms with E-state index >= 15 is 0 Å². The number of fused-ring (bicyclic) bond motifs is 1. The van der Waals surface area contributed by atoms with Crippen molar-refractivity contribution < 1.29 is 32.3 Å². The summed E-state index contributed by atoms with van der Waals surface area (Å²) in [6.45, 7) is 2.20. The van der Waals surface area contributed by atoms with E-state index in [1.807, 2.05) is 12.1 Å². The van der Waals surface area contributed by atoms with Crippen LogP contribution in [0.3, 0.4) is 0 Å². The Hall–Kier alpha value is -5.15. The van der Waals surface area contributed by atoms with E-state index in [1.165, 1.54) is 90.0 Å². The van der Waals surface area contributed by atoms with Crippen LogP contribution >= 0.6 is 11.3 Å². The quantitative estimate of drug-likeness (QED) is 0.0466. The van der Waals surface area contributed by atoms with Crippen molar-refractivity contribution in [2.45, 2.75) is 82.1 Å². The van der Waals surface area contributed by atoms with Crippen LogP contribution in [0.25, 0.3) is 20.5 Å². The first-order valence-electron chi connectivity index (χ1n) is 18.8. The zero-order valence-corrected chi connectivity index (χ0v) is 34.2. The maximum absolute atomic E-state index is 14.9. The highest BCUT2D eigenvalue weighted by Crippen LogP contribution is 2.41. The fourth-order valence-corrected chi connectivity index (χ4v) is 9.35. The summed E-state index contributed by atoms with van der Waals surface area (Å²) < 4.78 is 39.6. The molecule has 300 valence electrons. The second-order valence-electron chi connectivity index (χ2n) is 13.6. The summed E-state index contributed by atoms with van der Waals surface area (Å²) in [6, 6.07) is 16.2. The number of unbranched alkanes of at least 4 members (excludes halogenated alkanes) is 9. The van der Waals surface area contributed by atoms with Gasteiger partial charge in [-0.05, 0) is 54.4 Å². The third-order valence-corrected chi connectivity index (χ3v) is 12.8. The number of aromatic nitrogens is 3. The largest absolute Gasteiger partial charge is 0.497 e. The molecule has 1 unspecified atom stereocenters. The number of Topliss-reactive ketones (excluding diaryl/α,β-unsaturated/α-hetero) is 1. The van der Waals surface area contributed by atoms with Gasteiger partial charge in [0.2, 0.25) is 0 Å². The minimum absolute atomic E-state index is 0.0170. The molecule has 0 saturated heterocycles. The summed E-state index contributed by atoms with van der Waals surface area (Å²) in [6.07, 6.45) is 10.7. The second kappa shape index (κ2) is 19.1. The number of hydrogen-bond acceptors (Lipinski definition) is 10. The number of rotatable bonds is 21. The van der Waals surface area contributed by atoms with E-state index in [9.17, 15) is 27.6 Å². The number of anilines is 1. The molecule has 56 heavy (non-hydrogen) atoms. The molecule has 1 amide bonds. The number of sulfone groups is 1. The lowest BCUT2D eigenvalue weighted by atomic mass is 9.97. The summed E-state index contributed by atoms with van der Waals surface area (Å²) in [5.74, 6) is -1.28. The van der Waals surface area contributed by atoms with E-state index in [0.29, 0.717) is 37.4 Å². The van der Waals surface area contributed by atoms with Crippen molar-refractivity contribution in [3.63, 3.8) is 0 Å². The predicted molar refractivity (Wildman–Crippen MR) is 219 cm³/mol. The van der Waals surface area contributed by atoms with Crippen molar-refractivity contribution in [1.29, 1.82) is 0 Å². The van der Waals surface area contributed by atoms with Crippen LogP contribution in [0, 0.1) is 0 Å². The Kier molecular flexibility index (Phi) is 14.4. The monoisotopic (exact) mass is 806 g/mol. The second-order valence-corrected chi connectivity index (χ2v) is 16.7. The van der Waals surface area contributed by atoms with Gasteiger partial charge in [-0.15, -0.1) is 11.3 Å². The number of nitrogens with one attached hydrogen (secondary N) is 1. The molecule has 13 nitrogen and oxygen atoms in total. The molecule has 1 atom stereocenters. The molecule has 1 N–H and O–H groups in total. The lowest BCUT2D eigenvalue weighted by Gasteiger charge is -2.18. The van der Waals surface area contributed by atoms with Crippen LogP contribution in [-0.4, -0.2) is 61.3 Å². The highest BCUT2D eigenvalue weighted by atomic mass is 32.2. The van der Waals surface area contributed by atoms with Gasteiger partial charge >= 0.3 is 11.4 Å². The van der Waals surface area contributed by atoms with Crippen LogP contribution in [0.15, 0.2) is 81.2 Å². The van der Waals surface area contributed by atoms with E-state index in [-0.39, 0.29) is 27.6 Å². The molecule has 0 saturated carbocycles. The van der Waals surface area contributed by atoms with E-state index in [1.54, 1.807) is 36.4 Å². The third-order valence-electron chi connectivity index (χ3n) is 9.80. The van der Waals surface area contributed by atoms with Crippen molar-refractivity contribution in [2.75, 3.05) is 32.4 Å². The van der Waals surface area contributed by atoms with Gasteiger partial charge in [-0.1, -0.05) is 87.8 Å². The normalized spacial score (nSPS) is 12.1. The first-order chi connectivity index (χ1) is 27.0. The summed E-state index contributed by atoms with van der Waals surface area (Å²) >= 11 is 1.32. The lowest BCUT2D eigenvalue weighted by Crippen LogP contribution is -2.43. The first kappa shape index (κ1) is 42.0. The topological polar surface area (TPSA) is 157 Å². The lowest BCUT2D eigenvalue weighted by molar-refractivity contribution is -0.118. The van der Waals surface area contributed by atoms with Gasteiger partial charge in [0.15, 0.2) is 21.7 Å². The molecule has 15 heteroatoms. The van der Waals surface area contributed by atoms with Gasteiger partial charge in [0.25, 0.3) is 5.91 Å². The number of hydrogen-bond donors (Lipinski definition) is 1. The molecule has 0 bridgehead atoms. The van der Waals surface area contributed by atoms with E-state index in [0.717, 1.165) is 35.1 Å². The van der Waals surface area contributed by atoms with Gasteiger partial charge in [0.05, 0.1) is 30.6 Å². The van der Waals surface area contributed by atoms with E-state index in [2.05, 4.69) is 12.2 Å². The van der Waals surface area contributed by atoms with Crippen LogP contribution < -0.4 is 31.0 Å². The number of nitrogens with zero attached hydrogens (tertiary/aromatic N) is 3. The highest BCUT2D eigenvalue weighted by Gasteiger charge is 2.38. The number of amides is 1. The van der Waals surface area contributed by atoms with Crippen LogP contribution in [-0.2, 0) is 21.7 Å². The maximum atomic E-state index is 14.9. The number of thiophene rings is 1. The van der Waals surface area contributed by atoms with E-state index < -0.39 is 38.9 Å². The van der Waals surface area contributed by atoms with Gasteiger partial charge in [0.1, 0.15) is 18.6 Å². The molecule has 3 aromatic carbocycles. The molecule has 0 aliphatic carbocycles. The molecule has 2 aromatic heterocycles. The fourth-order valence-electron chi connectivity index (χ4n) is 6.75. The maximum Gasteiger partial charge on any atom is 0.382 e. The molecule has 2 heterocycles. The molecule has 0 aliphatic heterocycles. The SMILES string of the molecule is CCCCCCCCCCCCS(=O)(=O)c1ccc(NC(=O)C(C(=O)c2c(-c3ccc(OC)cc3)sc3ccccc23)n2c(=O)n(C)n(OC)c2=O)c(OC)c1. The average Bonchev–Trinajstić information content (AvgIpc) is 3.69. The molecule has 0 spiro atoms. The van der Waals surface area contributed by atoms with Crippen LogP contribution in [0.1, 0.15) is 87.5 Å². The van der Waals surface area contributed by atoms with Gasteiger partial charge in [0, 0.05) is 33.6 Å². The Labute approximate surface area is 330 Å². The van der Waals surface area contributed by atoms with Crippen molar-refractivity contribution in [3.05, 3.63) is 93.3 Å². The van der Waals surface area contributed by atoms with Crippen molar-refractivity contribution in [3.8, 4) is 21.9 Å². The highest BCUT2D eigenvalue weighted by molar-refractivity contribution is 7.91. The smallest absolute Gasteiger partial charge is 0.382 e. The third kappa shape index (κ3) is 9.27. The van der Waals surface area contributed by atoms with E-state index in [4.69, 9.17) is 14.3 Å². The van der Waals surface area contributed by atoms with Crippen LogP contribution in [0.4, 0.5) is 5.69 Å². The number of methoxy groups -OCH3 is 2. The van der Waals surface area contributed by atoms with Crippen molar-refractivity contribution in [2.24, 2.45) is 7.05 Å². The molecular formula is C41H50N4O9S2. The minimum atomic E-state index is -3.68. The molecule has 5 rings (SSSR count). The van der Waals surface area contributed by atoms with Crippen LogP contribution in [0.5, 0.6) is 11.5 Å². The standard InChI is InChI=1S/C41H50N4O9S2/c1-6-7-8-9-10-11-12-13-14-17-26-56(50,51)30-24-25-32(33(27-30)53-4)42-39(47)36(44-40(48)43(2)45(54-5)41(44)49)37(46)35-31-18-15-16-19-34(31)55-38(35)28-20-22-29(52-3)23-21-28/h15-16,18-25,27,36H,6-14,17,26H2,1-5H3,(H,42,47). The molecular weight excluding hydrogens is 757 g/mol. The Morgan fingerprint density at radius 2 is 1.45 bits per heavy atom. The number of carbonyl (C=O) groups excluding carboxylic acids is 2. The molecule has 0 aliphatic rings. The Morgan fingerprint density at radius 1 is 0.804 bits per heavy atom. The summed E-state index contributed by atoms with van der Waals surface area (Å²) in [5.41, 5.74) is -1.21. The zero-order valence-electron chi connectivity index (χ0n) is 32.5. The molecule has 0 fully saturated rings. The van der Waals surface area contributed by atoms with Gasteiger partial charge in [-0.2, -0.15) is 0 Å². The molecule has 5 aromatic rings. The van der Waals surface area contributed by atoms with Crippen molar-refractivity contribution >= 4 is 48.6 Å². The first-order valence-corrected chi connectivity index (χ1v) is 21.3. The number of ketones is 1. The van der Waals surface area contributed by atoms with Gasteiger partial charge < -0.3 is 19.6 Å². The number of benzene rings is 3. The summed E-state index contributed by atoms with van der Waals surface area (Å²) in [4.78, 5) is 62.9. The summed E-state index contributed by atoms with van der Waals surface area (Å²) in [5, 5.41) is 3.17. The average molecular weight is 807 g/mol. The minimum Gasteiger partial charge on any atom is -0.497 e. The Morgan fingerprint density at radius 3 is 2.05 bits per heavy atom. The number of ether oxygens (including phenoxy) is 2. The predicted octanol–water partition coefficient (Wildman–Crippen LogP) is 7.06. The van der Waals surface area contributed by atoms with Crippen LogP contribution in [0.2, 0.25) is 0 Å². The Balaban J connectivity index is 1.45. The van der Waals surface area contributed by atoms with Gasteiger partial charge in [-0.25, -0.2) is 27.3 Å². The van der Waals surface area contributed by atoms with Crippen molar-refractivity contribution in [1.82, 2.24) is 14.1 Å². The van der Waals surface area contributed by atoms with Gasteiger partial charge in [-0.3, -0.25) is 9.59 Å². The fraction of sp³-hybridized carbons (Fsp3) is 0.415. The number of carbonyl (C=O) groups is 2. The Bertz CT molecular complexity index is 2370. The molecule has 0 radical (unpaired) electrons. The summed E-state index contributed by atoms with van der Waals surface area (Å²) in [7, 11) is 1.62.